The predicted octanol–water partition coefficient (Wildman–Crippen LogP) is 5.95. The van der Waals surface area contributed by atoms with Crippen molar-refractivity contribution in [2.45, 2.75) is 64.8 Å². The molecule has 0 radical (unpaired) electrons. The van der Waals surface area contributed by atoms with Crippen LogP contribution in [0.25, 0.3) is 0 Å². The molecule has 0 fully saturated rings. The van der Waals surface area contributed by atoms with Gasteiger partial charge < -0.3 is 24.0 Å². The molecule has 1 aliphatic heterocycles. The molecule has 2 heterocycles. The summed E-state index contributed by atoms with van der Waals surface area (Å²) in [7, 11) is 1.49. The zero-order chi connectivity index (χ0) is 29.0. The van der Waals surface area contributed by atoms with Crippen LogP contribution in [0.15, 0.2) is 40.9 Å². The number of methoxy groups -OCH3 is 1. The van der Waals surface area contributed by atoms with Gasteiger partial charge in [0.15, 0.2) is 0 Å². The van der Waals surface area contributed by atoms with Crippen LogP contribution in [0.5, 0.6) is 5.75 Å². The highest BCUT2D eigenvalue weighted by molar-refractivity contribution is 5.90. The van der Waals surface area contributed by atoms with Crippen LogP contribution < -0.4 is 14.5 Å². The molecule has 13 heteroatoms. The van der Waals surface area contributed by atoms with Gasteiger partial charge in [0.1, 0.15) is 19.0 Å². The Morgan fingerprint density at radius 2 is 1.95 bits per heavy atom. The first-order valence-corrected chi connectivity index (χ1v) is 12.7. The normalized spacial score (nSPS) is 16.9. The zero-order valence-corrected chi connectivity index (χ0v) is 22.2. The fraction of sp³-hybridized carbons (Fsp3) is 0.444. The van der Waals surface area contributed by atoms with E-state index in [4.69, 9.17) is 14.0 Å². The highest BCUT2D eigenvalue weighted by Crippen LogP contribution is 2.45. The molecule has 40 heavy (non-hydrogen) atoms. The van der Waals surface area contributed by atoms with Crippen molar-refractivity contribution < 1.29 is 41.5 Å². The standard InChI is InChI=1S/C27H30F4N4O5/c1-4-19-11-23(21-12-20(38-3)6-7-22(21)35(19)26(37)39-5-2)34(25-32-24(15-36)40-33-25)14-17-8-16(13-28)9-18(10-17)27(29,30)31/h6-10,12,19,23,36H,4-5,11,13-15H2,1-3H3. The maximum Gasteiger partial charge on any atom is 0.416 e. The van der Waals surface area contributed by atoms with Gasteiger partial charge in [-0.3, -0.25) is 4.90 Å². The van der Waals surface area contributed by atoms with Crippen LogP contribution >= 0.6 is 0 Å². The lowest BCUT2D eigenvalue weighted by molar-refractivity contribution is -0.137. The lowest BCUT2D eigenvalue weighted by Crippen LogP contribution is -2.48. The molecule has 0 bridgehead atoms. The molecule has 3 aromatic rings. The summed E-state index contributed by atoms with van der Waals surface area (Å²) in [6.45, 7) is 2.01. The van der Waals surface area contributed by atoms with E-state index in [0.29, 0.717) is 29.8 Å². The second-order valence-corrected chi connectivity index (χ2v) is 9.25. The number of aromatic nitrogens is 2. The third kappa shape index (κ3) is 5.98. The number of nitrogens with zero attached hydrogens (tertiary/aromatic N) is 4. The second-order valence-electron chi connectivity index (χ2n) is 9.25. The van der Waals surface area contributed by atoms with Gasteiger partial charge >= 0.3 is 12.3 Å². The van der Waals surface area contributed by atoms with Crippen LogP contribution in [0, 0.1) is 0 Å². The maximum absolute atomic E-state index is 13.6. The molecule has 0 aliphatic carbocycles. The Labute approximate surface area is 228 Å². The van der Waals surface area contributed by atoms with Crippen LogP contribution in [0.2, 0.25) is 0 Å². The lowest BCUT2D eigenvalue weighted by atomic mass is 9.88. The smallest absolute Gasteiger partial charge is 0.416 e. The molecule has 2 unspecified atom stereocenters. The summed E-state index contributed by atoms with van der Waals surface area (Å²) in [6, 6.07) is 7.31. The van der Waals surface area contributed by atoms with E-state index in [0.717, 1.165) is 12.1 Å². The van der Waals surface area contributed by atoms with Gasteiger partial charge in [-0.1, -0.05) is 13.0 Å². The summed E-state index contributed by atoms with van der Waals surface area (Å²) in [5.74, 6) is 0.419. The van der Waals surface area contributed by atoms with E-state index >= 15 is 0 Å². The van der Waals surface area contributed by atoms with Gasteiger partial charge in [0.2, 0.25) is 0 Å². The first-order chi connectivity index (χ1) is 19.1. The minimum Gasteiger partial charge on any atom is -0.497 e. The van der Waals surface area contributed by atoms with Gasteiger partial charge in [-0.2, -0.15) is 18.2 Å². The van der Waals surface area contributed by atoms with Crippen LogP contribution in [-0.4, -0.2) is 41.1 Å². The van der Waals surface area contributed by atoms with E-state index in [1.807, 2.05) is 6.92 Å². The van der Waals surface area contributed by atoms with Crippen LogP contribution in [0.4, 0.5) is 34.0 Å². The highest BCUT2D eigenvalue weighted by Gasteiger charge is 2.40. The Morgan fingerprint density at radius 1 is 1.20 bits per heavy atom. The number of halogens is 4. The van der Waals surface area contributed by atoms with Crippen molar-refractivity contribution in [3.05, 3.63) is 64.5 Å². The summed E-state index contributed by atoms with van der Waals surface area (Å²) >= 11 is 0. The van der Waals surface area contributed by atoms with Crippen molar-refractivity contribution >= 4 is 17.7 Å². The first-order valence-electron chi connectivity index (χ1n) is 12.7. The Hall–Kier alpha value is -3.87. The van der Waals surface area contributed by atoms with E-state index in [-0.39, 0.29) is 42.2 Å². The number of anilines is 2. The number of hydrogen-bond donors (Lipinski definition) is 1. The van der Waals surface area contributed by atoms with Gasteiger partial charge in [-0.05, 0) is 66.4 Å². The van der Waals surface area contributed by atoms with Crippen molar-refractivity contribution in [1.29, 1.82) is 0 Å². The van der Waals surface area contributed by atoms with Crippen molar-refractivity contribution in [2.75, 3.05) is 23.5 Å². The molecule has 0 saturated heterocycles. The monoisotopic (exact) mass is 566 g/mol. The van der Waals surface area contributed by atoms with Crippen LogP contribution in [0.3, 0.4) is 0 Å². The maximum atomic E-state index is 13.6. The fourth-order valence-corrected chi connectivity index (χ4v) is 4.96. The zero-order valence-electron chi connectivity index (χ0n) is 22.2. The first kappa shape index (κ1) is 29.1. The summed E-state index contributed by atoms with van der Waals surface area (Å²) < 4.78 is 70.4. The van der Waals surface area contributed by atoms with Gasteiger partial charge in [0.05, 0.1) is 31.0 Å². The van der Waals surface area contributed by atoms with E-state index in [1.165, 1.54) is 13.2 Å². The van der Waals surface area contributed by atoms with Crippen LogP contribution in [-0.2, 0) is 30.7 Å². The minimum atomic E-state index is -4.68. The molecular weight excluding hydrogens is 536 g/mol. The molecule has 0 saturated carbocycles. The number of carbonyl (C=O) groups is 1. The van der Waals surface area contributed by atoms with Crippen LogP contribution in [0.1, 0.15) is 60.9 Å². The topological polar surface area (TPSA) is 101 Å². The fourth-order valence-electron chi connectivity index (χ4n) is 4.96. The predicted molar refractivity (Wildman–Crippen MR) is 137 cm³/mol. The van der Waals surface area contributed by atoms with E-state index in [1.54, 1.807) is 34.9 Å². The van der Waals surface area contributed by atoms with Gasteiger partial charge in [0, 0.05) is 18.2 Å². The SMILES string of the molecule is CCOC(=O)N1c2ccc(OC)cc2C(N(Cc2cc(CF)cc(C(F)(F)F)c2)c2noc(CO)n2)CC1CC. The molecule has 1 aliphatic rings. The van der Waals surface area contributed by atoms with Gasteiger partial charge in [-0.15, -0.1) is 0 Å². The Morgan fingerprint density at radius 3 is 2.55 bits per heavy atom. The van der Waals surface area contributed by atoms with Gasteiger partial charge in [0.25, 0.3) is 11.8 Å². The molecule has 216 valence electrons. The van der Waals surface area contributed by atoms with Crippen molar-refractivity contribution in [2.24, 2.45) is 0 Å². The Bertz CT molecular complexity index is 1330. The van der Waals surface area contributed by atoms with Gasteiger partial charge in [-0.25, -0.2) is 9.18 Å². The Kier molecular flexibility index (Phi) is 8.82. The number of ether oxygens (including phenoxy) is 2. The molecule has 1 aromatic heterocycles. The summed E-state index contributed by atoms with van der Waals surface area (Å²) in [5.41, 5.74) is 0.215. The number of fused-ring (bicyclic) bond motifs is 1. The molecule has 0 spiro atoms. The number of rotatable bonds is 9. The number of amides is 1. The van der Waals surface area contributed by atoms with E-state index in [9.17, 15) is 27.5 Å². The second kappa shape index (κ2) is 12.1. The highest BCUT2D eigenvalue weighted by atomic mass is 19.4. The average molecular weight is 567 g/mol. The molecule has 2 atom stereocenters. The number of aliphatic hydroxyl groups is 1. The lowest BCUT2D eigenvalue weighted by Gasteiger charge is -2.43. The quantitative estimate of drug-likeness (QED) is 0.317. The average Bonchev–Trinajstić information content (AvgIpc) is 3.43. The van der Waals surface area contributed by atoms with Crippen molar-refractivity contribution in [1.82, 2.24) is 10.1 Å². The molecule has 4 rings (SSSR count). The van der Waals surface area contributed by atoms with E-state index in [2.05, 4.69) is 10.1 Å². The third-order valence-electron chi connectivity index (χ3n) is 6.76. The van der Waals surface area contributed by atoms with Crippen molar-refractivity contribution in [3.63, 3.8) is 0 Å². The van der Waals surface area contributed by atoms with Crippen molar-refractivity contribution in [3.8, 4) is 5.75 Å². The molecule has 1 N–H and O–H groups in total. The number of aliphatic hydroxyl groups excluding tert-OH is 1. The molecule has 9 nitrogen and oxygen atoms in total. The molecular formula is C27H30F4N4O5. The Balaban J connectivity index is 1.88. The number of alkyl halides is 4. The molecule has 1 amide bonds. The summed E-state index contributed by atoms with van der Waals surface area (Å²) in [6.07, 6.45) is -4.34. The van der Waals surface area contributed by atoms with E-state index < -0.39 is 37.2 Å². The number of hydrogen-bond acceptors (Lipinski definition) is 8. The number of benzene rings is 2. The third-order valence-corrected chi connectivity index (χ3v) is 6.76. The number of carbonyl (C=O) groups excluding carboxylic acids is 1. The summed E-state index contributed by atoms with van der Waals surface area (Å²) in [4.78, 5) is 20.4. The minimum absolute atomic E-state index is 0.0152. The largest absolute Gasteiger partial charge is 0.497 e. The molecule has 2 aromatic carbocycles. The summed E-state index contributed by atoms with van der Waals surface area (Å²) in [5, 5.41) is 13.5.